The highest BCUT2D eigenvalue weighted by atomic mass is 35.5. The molecule has 1 saturated heterocycles. The van der Waals surface area contributed by atoms with Gasteiger partial charge in [0.15, 0.2) is 5.67 Å². The van der Waals surface area contributed by atoms with Gasteiger partial charge in [0.25, 0.3) is 10.2 Å². The van der Waals surface area contributed by atoms with E-state index in [0.717, 1.165) is 4.31 Å². The van der Waals surface area contributed by atoms with E-state index in [4.69, 9.17) is 28.3 Å². The lowest BCUT2D eigenvalue weighted by molar-refractivity contribution is 0.0181. The molecule has 94 valence electrons. The van der Waals surface area contributed by atoms with E-state index in [1.165, 1.54) is 12.1 Å². The molecule has 0 radical (unpaired) electrons. The van der Waals surface area contributed by atoms with Gasteiger partial charge in [0, 0.05) is 15.6 Å². The van der Waals surface area contributed by atoms with E-state index < -0.39 is 15.9 Å². The lowest BCUT2D eigenvalue weighted by Gasteiger charge is -2.43. The predicted molar refractivity (Wildman–Crippen MR) is 63.9 cm³/mol. The second-order valence-electron chi connectivity index (χ2n) is 3.87. The standard InChI is InChI=1S/C9H9Cl2FN2O2S/c10-6-2-1-3-7(11)8(6)9(12)4-14(5-9)17(13,15)16/h1-3H,4-5H2,(H2,13,15,16). The van der Waals surface area contributed by atoms with Gasteiger partial charge < -0.3 is 0 Å². The monoisotopic (exact) mass is 298 g/mol. The minimum Gasteiger partial charge on any atom is -0.236 e. The molecule has 0 aromatic heterocycles. The molecule has 0 spiro atoms. The molecule has 0 bridgehead atoms. The molecule has 4 nitrogen and oxygen atoms in total. The number of halogens is 3. The van der Waals surface area contributed by atoms with E-state index in [1.807, 2.05) is 0 Å². The van der Waals surface area contributed by atoms with E-state index in [-0.39, 0.29) is 28.7 Å². The highest BCUT2D eigenvalue weighted by Crippen LogP contribution is 2.43. The van der Waals surface area contributed by atoms with Crippen LogP contribution in [0.2, 0.25) is 10.0 Å². The number of rotatable bonds is 2. The Balaban J connectivity index is 2.32. The number of benzene rings is 1. The highest BCUT2D eigenvalue weighted by Gasteiger charge is 2.51. The van der Waals surface area contributed by atoms with Crippen LogP contribution in [0.5, 0.6) is 0 Å². The first-order chi connectivity index (χ1) is 7.74. The molecule has 0 amide bonds. The normalized spacial score (nSPS) is 20.0. The summed E-state index contributed by atoms with van der Waals surface area (Å²) in [5.74, 6) is 0. The summed E-state index contributed by atoms with van der Waals surface area (Å²) in [5.41, 5.74) is -1.76. The Morgan fingerprint density at radius 3 is 2.18 bits per heavy atom. The fourth-order valence-corrected chi connectivity index (χ4v) is 3.28. The van der Waals surface area contributed by atoms with Gasteiger partial charge in [-0.25, -0.2) is 9.53 Å². The number of alkyl halides is 1. The molecule has 0 saturated carbocycles. The Hall–Kier alpha value is -0.400. The van der Waals surface area contributed by atoms with Crippen LogP contribution in [0.15, 0.2) is 18.2 Å². The number of nitrogens with two attached hydrogens (primary N) is 1. The van der Waals surface area contributed by atoms with Gasteiger partial charge in [-0.3, -0.25) is 0 Å². The zero-order valence-corrected chi connectivity index (χ0v) is 10.9. The van der Waals surface area contributed by atoms with E-state index in [9.17, 15) is 12.8 Å². The van der Waals surface area contributed by atoms with Crippen LogP contribution in [0.25, 0.3) is 0 Å². The molecule has 1 heterocycles. The number of hydrogen-bond acceptors (Lipinski definition) is 2. The largest absolute Gasteiger partial charge is 0.277 e. The van der Waals surface area contributed by atoms with Crippen LogP contribution in [-0.4, -0.2) is 25.8 Å². The second-order valence-corrected chi connectivity index (χ2v) is 6.24. The smallest absolute Gasteiger partial charge is 0.236 e. The molecule has 2 N–H and O–H groups in total. The maximum atomic E-state index is 14.4. The van der Waals surface area contributed by atoms with E-state index in [1.54, 1.807) is 6.07 Å². The minimum atomic E-state index is -3.86. The summed E-state index contributed by atoms with van der Waals surface area (Å²) in [6.07, 6.45) is 0. The first kappa shape index (κ1) is 13.0. The lowest BCUT2D eigenvalue weighted by atomic mass is 9.90. The maximum absolute atomic E-state index is 14.4. The molecule has 0 atom stereocenters. The Morgan fingerprint density at radius 1 is 1.29 bits per heavy atom. The topological polar surface area (TPSA) is 63.4 Å². The first-order valence-electron chi connectivity index (χ1n) is 4.65. The first-order valence-corrected chi connectivity index (χ1v) is 6.91. The fourth-order valence-electron chi connectivity index (χ4n) is 1.78. The summed E-state index contributed by atoms with van der Waals surface area (Å²) in [5, 5.41) is 5.23. The third-order valence-corrected chi connectivity index (χ3v) is 4.23. The molecular weight excluding hydrogens is 290 g/mol. The molecule has 0 aliphatic carbocycles. The molecule has 1 aromatic rings. The van der Waals surface area contributed by atoms with Crippen LogP contribution < -0.4 is 5.14 Å². The molecule has 1 fully saturated rings. The van der Waals surface area contributed by atoms with Crippen LogP contribution in [0.4, 0.5) is 4.39 Å². The van der Waals surface area contributed by atoms with Gasteiger partial charge in [0.05, 0.1) is 13.1 Å². The van der Waals surface area contributed by atoms with Crippen LogP contribution in [0, 0.1) is 0 Å². The molecule has 1 aliphatic heterocycles. The van der Waals surface area contributed by atoms with Crippen molar-refractivity contribution in [2.75, 3.05) is 13.1 Å². The zero-order chi connectivity index (χ0) is 12.8. The number of nitrogens with zero attached hydrogens (tertiary/aromatic N) is 1. The second kappa shape index (κ2) is 4.07. The molecule has 0 unspecified atom stereocenters. The van der Waals surface area contributed by atoms with Crippen molar-refractivity contribution in [3.8, 4) is 0 Å². The van der Waals surface area contributed by atoms with Gasteiger partial charge in [0.1, 0.15) is 0 Å². The van der Waals surface area contributed by atoms with Crippen LogP contribution in [-0.2, 0) is 15.9 Å². The Morgan fingerprint density at radius 2 is 1.76 bits per heavy atom. The summed E-state index contributed by atoms with van der Waals surface area (Å²) in [7, 11) is -3.86. The Labute approximate surface area is 108 Å². The third kappa shape index (κ3) is 2.28. The summed E-state index contributed by atoms with van der Waals surface area (Å²) in [4.78, 5) is 0. The van der Waals surface area contributed by atoms with Gasteiger partial charge in [0.2, 0.25) is 0 Å². The van der Waals surface area contributed by atoms with Crippen LogP contribution in [0.3, 0.4) is 0 Å². The van der Waals surface area contributed by atoms with Crippen LogP contribution in [0.1, 0.15) is 5.56 Å². The lowest BCUT2D eigenvalue weighted by Crippen LogP contribution is -2.60. The third-order valence-electron chi connectivity index (χ3n) is 2.62. The minimum absolute atomic E-state index is 0.114. The summed E-state index contributed by atoms with van der Waals surface area (Å²) in [6.45, 7) is -0.732. The quantitative estimate of drug-likeness (QED) is 0.903. The van der Waals surface area contributed by atoms with Gasteiger partial charge in [-0.05, 0) is 12.1 Å². The van der Waals surface area contributed by atoms with Crippen molar-refractivity contribution < 1.29 is 12.8 Å². The van der Waals surface area contributed by atoms with E-state index in [2.05, 4.69) is 0 Å². The van der Waals surface area contributed by atoms with Crippen molar-refractivity contribution >= 4 is 33.4 Å². The van der Waals surface area contributed by atoms with Crippen molar-refractivity contribution in [2.45, 2.75) is 5.67 Å². The van der Waals surface area contributed by atoms with Crippen molar-refractivity contribution in [2.24, 2.45) is 5.14 Å². The SMILES string of the molecule is NS(=O)(=O)N1CC(F)(c2c(Cl)cccc2Cl)C1. The Bertz CT molecular complexity index is 538. The average Bonchev–Trinajstić information content (AvgIpc) is 2.11. The molecule has 2 rings (SSSR count). The van der Waals surface area contributed by atoms with Gasteiger partial charge in [-0.1, -0.05) is 29.3 Å². The molecule has 1 aliphatic rings. The van der Waals surface area contributed by atoms with Gasteiger partial charge in [-0.15, -0.1) is 0 Å². The average molecular weight is 299 g/mol. The predicted octanol–water partition coefficient (Wildman–Crippen LogP) is 1.68. The van der Waals surface area contributed by atoms with E-state index >= 15 is 0 Å². The maximum Gasteiger partial charge on any atom is 0.277 e. The summed E-state index contributed by atoms with van der Waals surface area (Å²) >= 11 is 11.7. The van der Waals surface area contributed by atoms with Crippen molar-refractivity contribution in [3.05, 3.63) is 33.8 Å². The molecule has 1 aromatic carbocycles. The Kier molecular flexibility index (Phi) is 3.12. The van der Waals surface area contributed by atoms with E-state index in [0.29, 0.717) is 0 Å². The van der Waals surface area contributed by atoms with Gasteiger partial charge in [-0.2, -0.15) is 12.7 Å². The summed E-state index contributed by atoms with van der Waals surface area (Å²) in [6, 6.07) is 4.60. The van der Waals surface area contributed by atoms with Crippen LogP contribution >= 0.6 is 23.2 Å². The molecule has 8 heteroatoms. The number of hydrogen-bond donors (Lipinski definition) is 1. The molecular formula is C9H9Cl2FN2O2S. The van der Waals surface area contributed by atoms with Crippen molar-refractivity contribution in [1.82, 2.24) is 4.31 Å². The summed E-state index contributed by atoms with van der Waals surface area (Å²) < 4.78 is 37.2. The van der Waals surface area contributed by atoms with Crippen molar-refractivity contribution in [3.63, 3.8) is 0 Å². The molecule has 17 heavy (non-hydrogen) atoms. The zero-order valence-electron chi connectivity index (χ0n) is 8.53. The highest BCUT2D eigenvalue weighted by molar-refractivity contribution is 7.86. The van der Waals surface area contributed by atoms with Gasteiger partial charge >= 0.3 is 0 Å². The fraction of sp³-hybridized carbons (Fsp3) is 0.333. The van der Waals surface area contributed by atoms with Crippen molar-refractivity contribution in [1.29, 1.82) is 0 Å².